The van der Waals surface area contributed by atoms with Gasteiger partial charge in [-0.25, -0.2) is 15.0 Å². The molecule has 34 heavy (non-hydrogen) atoms. The summed E-state index contributed by atoms with van der Waals surface area (Å²) in [6.45, 7) is 4.37. The highest BCUT2D eigenvalue weighted by Crippen LogP contribution is 2.45. The number of aliphatic hydroxyl groups is 1. The fraction of sp³-hybridized carbons (Fsp3) is 0.458. The van der Waals surface area contributed by atoms with Crippen molar-refractivity contribution >= 4 is 34.5 Å². The maximum absolute atomic E-state index is 12.9. The zero-order chi connectivity index (χ0) is 23.7. The Bertz CT molecular complexity index is 1230. The predicted molar refractivity (Wildman–Crippen MR) is 128 cm³/mol. The number of unbranched alkanes of at least 4 members (excludes halogenated alkanes) is 1. The van der Waals surface area contributed by atoms with Crippen molar-refractivity contribution in [2.75, 3.05) is 36.5 Å². The molecule has 1 spiro atoms. The van der Waals surface area contributed by atoms with E-state index in [1.807, 2.05) is 31.2 Å². The smallest absolute Gasteiger partial charge is 0.287 e. The van der Waals surface area contributed by atoms with Crippen LogP contribution in [-0.4, -0.2) is 62.7 Å². The highest BCUT2D eigenvalue weighted by Gasteiger charge is 2.48. The van der Waals surface area contributed by atoms with E-state index in [1.54, 1.807) is 4.57 Å². The normalized spacial score (nSPS) is 16.6. The lowest BCUT2D eigenvalue weighted by Crippen LogP contribution is -2.46. The van der Waals surface area contributed by atoms with Crippen LogP contribution in [0, 0.1) is 0 Å². The Labute approximate surface area is 197 Å². The number of piperidine rings is 1. The molecule has 2 amide bonds. The van der Waals surface area contributed by atoms with Crippen molar-refractivity contribution in [3.8, 4) is 0 Å². The molecule has 0 saturated carbocycles. The van der Waals surface area contributed by atoms with Gasteiger partial charge in [0.05, 0.1) is 5.41 Å². The zero-order valence-corrected chi connectivity index (χ0v) is 19.3. The molecule has 2 aliphatic heterocycles. The minimum Gasteiger partial charge on any atom is -0.396 e. The first-order chi connectivity index (χ1) is 16.6. The molecule has 178 valence electrons. The molecule has 0 aliphatic carbocycles. The van der Waals surface area contributed by atoms with Crippen molar-refractivity contribution in [2.45, 2.75) is 44.6 Å². The van der Waals surface area contributed by atoms with Gasteiger partial charge >= 0.3 is 0 Å². The summed E-state index contributed by atoms with van der Waals surface area (Å²) in [6, 6.07) is 7.92. The summed E-state index contributed by atoms with van der Waals surface area (Å²) in [5.74, 6) is 0.797. The lowest BCUT2D eigenvalue weighted by molar-refractivity contribution is -0.121. The van der Waals surface area contributed by atoms with Gasteiger partial charge in [0.15, 0.2) is 17.0 Å². The summed E-state index contributed by atoms with van der Waals surface area (Å²) in [7, 11) is 0. The van der Waals surface area contributed by atoms with Crippen molar-refractivity contribution in [3.63, 3.8) is 0 Å². The number of nitrogens with zero attached hydrogens (tertiary/aromatic N) is 5. The minimum absolute atomic E-state index is 0.0663. The fourth-order valence-corrected chi connectivity index (χ4v) is 5.12. The van der Waals surface area contributed by atoms with Gasteiger partial charge in [0.1, 0.15) is 6.33 Å². The SMILES string of the molecule is CCn1c(C(=O)NCCCCO)nc2c(N3CCC4(CC3)C(=O)Nc3ccccc34)ncnc21. The van der Waals surface area contributed by atoms with E-state index in [0.29, 0.717) is 74.7 Å². The molecule has 2 aliphatic rings. The van der Waals surface area contributed by atoms with Gasteiger partial charge in [0.2, 0.25) is 11.7 Å². The molecular formula is C24H29N7O3. The van der Waals surface area contributed by atoms with Gasteiger partial charge in [-0.15, -0.1) is 0 Å². The van der Waals surface area contributed by atoms with Crippen molar-refractivity contribution in [3.05, 3.63) is 42.0 Å². The van der Waals surface area contributed by atoms with Crippen LogP contribution in [0.4, 0.5) is 11.5 Å². The first-order valence-corrected chi connectivity index (χ1v) is 11.8. The molecule has 0 unspecified atom stereocenters. The quantitative estimate of drug-likeness (QED) is 0.457. The highest BCUT2D eigenvalue weighted by atomic mass is 16.3. The van der Waals surface area contributed by atoms with Gasteiger partial charge in [-0.1, -0.05) is 18.2 Å². The number of fused-ring (bicyclic) bond motifs is 3. The lowest BCUT2D eigenvalue weighted by Gasteiger charge is -2.38. The molecule has 10 heteroatoms. The second-order valence-corrected chi connectivity index (χ2v) is 8.80. The maximum atomic E-state index is 12.9. The minimum atomic E-state index is -0.512. The lowest BCUT2D eigenvalue weighted by atomic mass is 9.73. The van der Waals surface area contributed by atoms with Crippen LogP contribution in [0.25, 0.3) is 11.2 Å². The molecular weight excluding hydrogens is 434 g/mol. The number of rotatable bonds is 7. The Morgan fingerprint density at radius 3 is 2.76 bits per heavy atom. The third-order valence-electron chi connectivity index (χ3n) is 6.94. The first-order valence-electron chi connectivity index (χ1n) is 11.8. The number of carbonyl (C=O) groups is 2. The number of aliphatic hydroxyl groups excluding tert-OH is 1. The molecule has 3 N–H and O–H groups in total. The second-order valence-electron chi connectivity index (χ2n) is 8.80. The monoisotopic (exact) mass is 463 g/mol. The summed E-state index contributed by atoms with van der Waals surface area (Å²) in [6.07, 6.45) is 4.20. The molecule has 1 saturated heterocycles. The number of imidazole rings is 1. The molecule has 4 heterocycles. The van der Waals surface area contributed by atoms with Gasteiger partial charge in [0, 0.05) is 38.5 Å². The average Bonchev–Trinajstić information content (AvgIpc) is 3.37. The Balaban J connectivity index is 1.40. The van der Waals surface area contributed by atoms with Gasteiger partial charge in [-0.3, -0.25) is 9.59 Å². The van der Waals surface area contributed by atoms with E-state index in [9.17, 15) is 9.59 Å². The summed E-state index contributed by atoms with van der Waals surface area (Å²) in [5.41, 5.74) is 2.68. The third-order valence-corrected chi connectivity index (χ3v) is 6.94. The number of aryl methyl sites for hydroxylation is 1. The van der Waals surface area contributed by atoms with Gasteiger partial charge in [0.25, 0.3) is 5.91 Å². The van der Waals surface area contributed by atoms with Gasteiger partial charge in [-0.05, 0) is 44.2 Å². The number of para-hydroxylation sites is 1. The molecule has 0 bridgehead atoms. The molecule has 1 aromatic carbocycles. The summed E-state index contributed by atoms with van der Waals surface area (Å²) >= 11 is 0. The van der Waals surface area contributed by atoms with Crippen LogP contribution in [0.3, 0.4) is 0 Å². The maximum Gasteiger partial charge on any atom is 0.287 e. The van der Waals surface area contributed by atoms with E-state index in [2.05, 4.69) is 30.5 Å². The molecule has 0 radical (unpaired) electrons. The zero-order valence-electron chi connectivity index (χ0n) is 19.3. The average molecular weight is 464 g/mol. The number of amides is 2. The third kappa shape index (κ3) is 3.58. The van der Waals surface area contributed by atoms with Crippen LogP contribution < -0.4 is 15.5 Å². The number of nitrogens with one attached hydrogen (secondary N) is 2. The van der Waals surface area contributed by atoms with Crippen molar-refractivity contribution in [1.29, 1.82) is 0 Å². The van der Waals surface area contributed by atoms with Crippen LogP contribution >= 0.6 is 0 Å². The number of aromatic nitrogens is 4. The van der Waals surface area contributed by atoms with E-state index in [1.165, 1.54) is 6.33 Å². The number of hydrogen-bond donors (Lipinski definition) is 3. The fourth-order valence-electron chi connectivity index (χ4n) is 5.12. The largest absolute Gasteiger partial charge is 0.396 e. The Hall–Kier alpha value is -3.53. The van der Waals surface area contributed by atoms with Crippen molar-refractivity contribution in [2.24, 2.45) is 0 Å². The summed E-state index contributed by atoms with van der Waals surface area (Å²) < 4.78 is 1.80. The number of hydrogen-bond acceptors (Lipinski definition) is 7. The van der Waals surface area contributed by atoms with Crippen molar-refractivity contribution in [1.82, 2.24) is 24.8 Å². The van der Waals surface area contributed by atoms with Crippen LogP contribution in [-0.2, 0) is 16.8 Å². The Morgan fingerprint density at radius 1 is 1.21 bits per heavy atom. The van der Waals surface area contributed by atoms with Crippen LogP contribution in [0.2, 0.25) is 0 Å². The van der Waals surface area contributed by atoms with E-state index >= 15 is 0 Å². The first kappa shape index (κ1) is 22.3. The van der Waals surface area contributed by atoms with Gasteiger partial charge in [-0.2, -0.15) is 0 Å². The van der Waals surface area contributed by atoms with E-state index in [-0.39, 0.29) is 18.4 Å². The Morgan fingerprint density at radius 2 is 2.00 bits per heavy atom. The summed E-state index contributed by atoms with van der Waals surface area (Å²) in [4.78, 5) is 41.5. The van der Waals surface area contributed by atoms with Crippen LogP contribution in [0.1, 0.15) is 48.8 Å². The standard InChI is InChI=1S/C24H29N7O3/c1-2-31-20-18(29-21(31)22(33)25-11-5-6-14-32)19(26-15-27-20)30-12-9-24(10-13-30)16-7-3-4-8-17(16)28-23(24)34/h3-4,7-8,15,32H,2,5-6,9-14H2,1H3,(H,25,33)(H,28,34). The molecule has 5 rings (SSSR count). The number of benzene rings is 1. The second kappa shape index (κ2) is 9.02. The number of anilines is 2. The summed E-state index contributed by atoms with van der Waals surface area (Å²) in [5, 5.41) is 14.9. The Kier molecular flexibility index (Phi) is 5.91. The number of carbonyl (C=O) groups excluding carboxylic acids is 2. The topological polar surface area (TPSA) is 125 Å². The predicted octanol–water partition coefficient (Wildman–Crippen LogP) is 1.84. The van der Waals surface area contributed by atoms with E-state index in [4.69, 9.17) is 5.11 Å². The highest BCUT2D eigenvalue weighted by molar-refractivity contribution is 6.06. The van der Waals surface area contributed by atoms with Crippen LogP contribution in [0.5, 0.6) is 0 Å². The molecule has 3 aromatic rings. The molecule has 1 fully saturated rings. The van der Waals surface area contributed by atoms with Gasteiger partial charge < -0.3 is 25.2 Å². The molecule has 10 nitrogen and oxygen atoms in total. The van der Waals surface area contributed by atoms with E-state index < -0.39 is 5.41 Å². The van der Waals surface area contributed by atoms with E-state index in [0.717, 1.165) is 11.3 Å². The van der Waals surface area contributed by atoms with Crippen LogP contribution in [0.15, 0.2) is 30.6 Å². The molecule has 0 atom stereocenters. The molecule has 2 aromatic heterocycles. The van der Waals surface area contributed by atoms with Crippen molar-refractivity contribution < 1.29 is 14.7 Å².